The maximum atomic E-state index is 12.3. The molecule has 5 heteroatoms. The third-order valence-electron chi connectivity index (χ3n) is 3.45. The second kappa shape index (κ2) is 6.36. The summed E-state index contributed by atoms with van der Waals surface area (Å²) in [5, 5.41) is 4.54. The van der Waals surface area contributed by atoms with Gasteiger partial charge in [-0.3, -0.25) is 0 Å². The summed E-state index contributed by atoms with van der Waals surface area (Å²) in [4.78, 5) is 12.3. The zero-order valence-electron chi connectivity index (χ0n) is 12.8. The van der Waals surface area contributed by atoms with Crippen LogP contribution in [0.1, 0.15) is 17.3 Å². The first-order chi connectivity index (χ1) is 11.2. The van der Waals surface area contributed by atoms with Crippen LogP contribution in [-0.4, -0.2) is 22.4 Å². The summed E-state index contributed by atoms with van der Waals surface area (Å²) in [5.74, 6) is -0.195. The number of ether oxygens (including phenoxy) is 1. The molecular weight excluding hydrogens is 290 g/mol. The monoisotopic (exact) mass is 307 g/mol. The Labute approximate surface area is 134 Å². The number of hydrogen-bond donors (Lipinski definition) is 1. The number of esters is 1. The fourth-order valence-corrected chi connectivity index (χ4v) is 2.40. The number of para-hydroxylation sites is 1. The van der Waals surface area contributed by atoms with Crippen molar-refractivity contribution in [3.05, 3.63) is 66.2 Å². The summed E-state index contributed by atoms with van der Waals surface area (Å²) in [5.41, 5.74) is 8.62. The van der Waals surface area contributed by atoms with Gasteiger partial charge in [-0.15, -0.1) is 0 Å². The van der Waals surface area contributed by atoms with Crippen molar-refractivity contribution in [1.29, 1.82) is 0 Å². The van der Waals surface area contributed by atoms with Crippen molar-refractivity contribution in [2.45, 2.75) is 6.92 Å². The molecule has 3 rings (SSSR count). The van der Waals surface area contributed by atoms with Crippen LogP contribution in [0.4, 0.5) is 5.82 Å². The first kappa shape index (κ1) is 14.8. The van der Waals surface area contributed by atoms with E-state index in [0.29, 0.717) is 11.3 Å². The molecule has 116 valence electrons. The van der Waals surface area contributed by atoms with Crippen molar-refractivity contribution >= 4 is 11.8 Å². The number of carbonyl (C=O) groups excluding carboxylic acids is 1. The number of nitrogen functional groups attached to an aromatic ring is 1. The third-order valence-corrected chi connectivity index (χ3v) is 3.45. The highest BCUT2D eigenvalue weighted by Gasteiger charge is 2.24. The van der Waals surface area contributed by atoms with Gasteiger partial charge in [-0.2, -0.15) is 5.10 Å². The molecule has 0 aliphatic carbocycles. The van der Waals surface area contributed by atoms with Crippen molar-refractivity contribution in [3.63, 3.8) is 0 Å². The van der Waals surface area contributed by atoms with Crippen LogP contribution in [0.15, 0.2) is 60.7 Å². The van der Waals surface area contributed by atoms with E-state index in [9.17, 15) is 4.79 Å². The quantitative estimate of drug-likeness (QED) is 0.751. The molecule has 2 N–H and O–H groups in total. The maximum Gasteiger partial charge on any atom is 0.344 e. The number of rotatable bonds is 4. The van der Waals surface area contributed by atoms with Gasteiger partial charge in [0.1, 0.15) is 17.1 Å². The third kappa shape index (κ3) is 2.81. The number of aromatic nitrogens is 2. The van der Waals surface area contributed by atoms with Crippen molar-refractivity contribution in [2.75, 3.05) is 12.3 Å². The molecule has 0 radical (unpaired) electrons. The molecule has 1 aromatic heterocycles. The number of nitrogens with zero attached hydrogens (tertiary/aromatic N) is 2. The Bertz CT molecular complexity index is 811. The average molecular weight is 307 g/mol. The van der Waals surface area contributed by atoms with Crippen LogP contribution in [-0.2, 0) is 4.74 Å². The van der Waals surface area contributed by atoms with Gasteiger partial charge in [0.05, 0.1) is 12.3 Å². The van der Waals surface area contributed by atoms with E-state index in [-0.39, 0.29) is 12.4 Å². The van der Waals surface area contributed by atoms with Crippen molar-refractivity contribution in [3.8, 4) is 16.9 Å². The highest BCUT2D eigenvalue weighted by atomic mass is 16.5. The van der Waals surface area contributed by atoms with E-state index < -0.39 is 5.97 Å². The van der Waals surface area contributed by atoms with Crippen LogP contribution in [0.5, 0.6) is 0 Å². The lowest BCUT2D eigenvalue weighted by atomic mass is 10.1. The average Bonchev–Trinajstić information content (AvgIpc) is 2.94. The van der Waals surface area contributed by atoms with Gasteiger partial charge in [-0.25, -0.2) is 9.48 Å². The number of hydrogen-bond acceptors (Lipinski definition) is 4. The number of benzene rings is 2. The molecule has 3 aromatic rings. The minimum absolute atomic E-state index is 0.272. The molecule has 0 saturated carbocycles. The summed E-state index contributed by atoms with van der Waals surface area (Å²) in [6.07, 6.45) is 0. The van der Waals surface area contributed by atoms with E-state index in [1.807, 2.05) is 60.7 Å². The van der Waals surface area contributed by atoms with E-state index >= 15 is 0 Å². The maximum absolute atomic E-state index is 12.3. The second-order valence-corrected chi connectivity index (χ2v) is 4.94. The summed E-state index contributed by atoms with van der Waals surface area (Å²) in [6.45, 7) is 2.04. The Morgan fingerprint density at radius 2 is 1.70 bits per heavy atom. The van der Waals surface area contributed by atoms with Gasteiger partial charge in [-0.05, 0) is 19.1 Å². The Morgan fingerprint density at radius 3 is 2.30 bits per heavy atom. The molecular formula is C18H17N3O2. The van der Waals surface area contributed by atoms with Crippen LogP contribution in [0.3, 0.4) is 0 Å². The molecule has 0 aliphatic rings. The normalized spacial score (nSPS) is 10.5. The lowest BCUT2D eigenvalue weighted by Crippen LogP contribution is -2.09. The number of anilines is 1. The van der Waals surface area contributed by atoms with Gasteiger partial charge in [0.2, 0.25) is 0 Å². The van der Waals surface area contributed by atoms with Crippen LogP contribution < -0.4 is 5.73 Å². The van der Waals surface area contributed by atoms with Crippen molar-refractivity contribution in [1.82, 2.24) is 9.78 Å². The van der Waals surface area contributed by atoms with Crippen LogP contribution in [0.25, 0.3) is 16.9 Å². The van der Waals surface area contributed by atoms with Gasteiger partial charge in [0.15, 0.2) is 0 Å². The zero-order valence-corrected chi connectivity index (χ0v) is 12.8. The topological polar surface area (TPSA) is 70.1 Å². The van der Waals surface area contributed by atoms with Gasteiger partial charge in [0.25, 0.3) is 0 Å². The van der Waals surface area contributed by atoms with Crippen LogP contribution >= 0.6 is 0 Å². The molecule has 0 saturated heterocycles. The lowest BCUT2D eigenvalue weighted by molar-refractivity contribution is 0.0528. The first-order valence-corrected chi connectivity index (χ1v) is 7.38. The summed E-state index contributed by atoms with van der Waals surface area (Å²) in [6, 6.07) is 18.9. The molecule has 0 spiro atoms. The van der Waals surface area contributed by atoms with E-state index in [1.54, 1.807) is 11.6 Å². The standard InChI is InChI=1S/C18H17N3O2/c1-2-23-18(22)15-16(13-9-5-3-6-10-13)20-21(17(15)19)14-11-7-4-8-12-14/h3-12H,2,19H2,1H3. The SMILES string of the molecule is CCOC(=O)c1c(-c2ccccc2)nn(-c2ccccc2)c1N. The molecule has 0 amide bonds. The summed E-state index contributed by atoms with van der Waals surface area (Å²) >= 11 is 0. The summed E-state index contributed by atoms with van der Waals surface area (Å²) in [7, 11) is 0. The van der Waals surface area contributed by atoms with Crippen molar-refractivity contribution in [2.24, 2.45) is 0 Å². The molecule has 0 unspecified atom stereocenters. The Hall–Kier alpha value is -3.08. The van der Waals surface area contributed by atoms with E-state index in [4.69, 9.17) is 10.5 Å². The Morgan fingerprint density at radius 1 is 1.09 bits per heavy atom. The smallest absolute Gasteiger partial charge is 0.344 e. The molecule has 0 atom stereocenters. The largest absolute Gasteiger partial charge is 0.462 e. The predicted octanol–water partition coefficient (Wildman–Crippen LogP) is 3.30. The highest BCUT2D eigenvalue weighted by Crippen LogP contribution is 2.29. The predicted molar refractivity (Wildman–Crippen MR) is 89.4 cm³/mol. The minimum Gasteiger partial charge on any atom is -0.462 e. The summed E-state index contributed by atoms with van der Waals surface area (Å²) < 4.78 is 6.71. The first-order valence-electron chi connectivity index (χ1n) is 7.38. The van der Waals surface area contributed by atoms with E-state index in [2.05, 4.69) is 5.10 Å². The Balaban J connectivity index is 2.20. The molecule has 0 aliphatic heterocycles. The van der Waals surface area contributed by atoms with Crippen molar-refractivity contribution < 1.29 is 9.53 Å². The fraction of sp³-hybridized carbons (Fsp3) is 0.111. The molecule has 5 nitrogen and oxygen atoms in total. The van der Waals surface area contributed by atoms with E-state index in [0.717, 1.165) is 11.3 Å². The van der Waals surface area contributed by atoms with E-state index in [1.165, 1.54) is 0 Å². The number of carbonyl (C=O) groups is 1. The lowest BCUT2D eigenvalue weighted by Gasteiger charge is -2.04. The van der Waals surface area contributed by atoms with Gasteiger partial charge >= 0.3 is 5.97 Å². The zero-order chi connectivity index (χ0) is 16.2. The van der Waals surface area contributed by atoms with Gasteiger partial charge in [0, 0.05) is 5.56 Å². The molecule has 23 heavy (non-hydrogen) atoms. The molecule has 0 bridgehead atoms. The van der Waals surface area contributed by atoms with Crippen LogP contribution in [0.2, 0.25) is 0 Å². The molecule has 1 heterocycles. The Kier molecular flexibility index (Phi) is 4.10. The molecule has 2 aromatic carbocycles. The van der Waals surface area contributed by atoms with Crippen LogP contribution in [0, 0.1) is 0 Å². The highest BCUT2D eigenvalue weighted by molar-refractivity contribution is 6.01. The fourth-order valence-electron chi connectivity index (χ4n) is 2.40. The second-order valence-electron chi connectivity index (χ2n) is 4.94. The van der Waals surface area contributed by atoms with Gasteiger partial charge in [-0.1, -0.05) is 48.5 Å². The molecule has 0 fully saturated rings. The minimum atomic E-state index is -0.467. The van der Waals surface area contributed by atoms with Gasteiger partial charge < -0.3 is 10.5 Å². The number of nitrogens with two attached hydrogens (primary N) is 1.